The topological polar surface area (TPSA) is 61.5 Å². The predicted molar refractivity (Wildman–Crippen MR) is 71.2 cm³/mol. The van der Waals surface area contributed by atoms with Gasteiger partial charge in [-0.3, -0.25) is 4.79 Å². The van der Waals surface area contributed by atoms with Gasteiger partial charge in [-0.2, -0.15) is 0 Å². The van der Waals surface area contributed by atoms with E-state index in [0.717, 1.165) is 25.7 Å². The fourth-order valence-electron chi connectivity index (χ4n) is 2.30. The summed E-state index contributed by atoms with van der Waals surface area (Å²) in [5.74, 6) is 0.322. The molecule has 0 heterocycles. The first kappa shape index (κ1) is 15.4. The number of carbonyl (C=O) groups is 1. The van der Waals surface area contributed by atoms with Crippen molar-refractivity contribution < 1.29 is 14.3 Å². The second-order valence-electron chi connectivity index (χ2n) is 5.79. The van der Waals surface area contributed by atoms with Gasteiger partial charge < -0.3 is 15.2 Å². The van der Waals surface area contributed by atoms with Crippen LogP contribution in [0.4, 0.5) is 0 Å². The highest BCUT2D eigenvalue weighted by Gasteiger charge is 2.30. The molecule has 1 fully saturated rings. The van der Waals surface area contributed by atoms with Crippen molar-refractivity contribution in [3.63, 3.8) is 0 Å². The Morgan fingerprint density at radius 1 is 1.22 bits per heavy atom. The van der Waals surface area contributed by atoms with Gasteiger partial charge in [-0.05, 0) is 18.8 Å². The minimum absolute atomic E-state index is 0.187. The van der Waals surface area contributed by atoms with Gasteiger partial charge in [-0.1, -0.05) is 33.1 Å². The van der Waals surface area contributed by atoms with Crippen molar-refractivity contribution in [1.29, 1.82) is 0 Å². The number of hydrogen-bond acceptors (Lipinski definition) is 4. The maximum absolute atomic E-state index is 11.7. The van der Waals surface area contributed by atoms with Crippen LogP contribution in [-0.4, -0.2) is 31.3 Å². The first-order valence-corrected chi connectivity index (χ1v) is 7.04. The lowest BCUT2D eigenvalue weighted by atomic mass is 9.80. The van der Waals surface area contributed by atoms with Crippen molar-refractivity contribution in [2.24, 2.45) is 11.7 Å². The summed E-state index contributed by atoms with van der Waals surface area (Å²) >= 11 is 0. The number of rotatable bonds is 7. The van der Waals surface area contributed by atoms with E-state index < -0.39 is 0 Å². The van der Waals surface area contributed by atoms with E-state index in [0.29, 0.717) is 32.2 Å². The predicted octanol–water partition coefficient (Wildman–Crippen LogP) is 2.25. The van der Waals surface area contributed by atoms with Crippen LogP contribution in [0.2, 0.25) is 0 Å². The van der Waals surface area contributed by atoms with Crippen LogP contribution in [0, 0.1) is 5.92 Å². The lowest BCUT2D eigenvalue weighted by molar-refractivity contribution is -0.147. The van der Waals surface area contributed by atoms with Crippen molar-refractivity contribution in [2.45, 2.75) is 57.9 Å². The molecule has 0 atom stereocenters. The zero-order valence-corrected chi connectivity index (χ0v) is 11.7. The number of ether oxygens (including phenoxy) is 2. The van der Waals surface area contributed by atoms with Crippen LogP contribution in [0.3, 0.4) is 0 Å². The summed E-state index contributed by atoms with van der Waals surface area (Å²) in [5.41, 5.74) is 5.87. The molecule has 1 rings (SSSR count). The van der Waals surface area contributed by atoms with Crippen LogP contribution >= 0.6 is 0 Å². The summed E-state index contributed by atoms with van der Waals surface area (Å²) in [7, 11) is 0. The molecule has 0 aromatic heterocycles. The first-order chi connectivity index (χ1) is 8.52. The highest BCUT2D eigenvalue weighted by Crippen LogP contribution is 2.28. The summed E-state index contributed by atoms with van der Waals surface area (Å²) in [5, 5.41) is 0. The van der Waals surface area contributed by atoms with Gasteiger partial charge in [0.05, 0.1) is 13.0 Å². The largest absolute Gasteiger partial charge is 0.463 e. The average molecular weight is 257 g/mol. The first-order valence-electron chi connectivity index (χ1n) is 7.04. The number of nitrogens with two attached hydrogens (primary N) is 1. The van der Waals surface area contributed by atoms with E-state index in [1.165, 1.54) is 6.42 Å². The Hall–Kier alpha value is -0.610. The molecule has 2 N–H and O–H groups in total. The molecular formula is C14H27NO3. The zero-order valence-electron chi connectivity index (χ0n) is 11.7. The van der Waals surface area contributed by atoms with Crippen LogP contribution < -0.4 is 5.73 Å². The summed E-state index contributed by atoms with van der Waals surface area (Å²) in [4.78, 5) is 11.7. The van der Waals surface area contributed by atoms with Crippen LogP contribution in [0.25, 0.3) is 0 Å². The minimum Gasteiger partial charge on any atom is -0.463 e. The van der Waals surface area contributed by atoms with Gasteiger partial charge in [-0.25, -0.2) is 0 Å². The Morgan fingerprint density at radius 2 is 1.89 bits per heavy atom. The molecule has 4 nitrogen and oxygen atoms in total. The molecule has 1 aliphatic carbocycles. The number of esters is 1. The second kappa shape index (κ2) is 7.74. The maximum Gasteiger partial charge on any atom is 0.307 e. The Morgan fingerprint density at radius 3 is 2.50 bits per heavy atom. The molecule has 0 aromatic rings. The van der Waals surface area contributed by atoms with E-state index in [2.05, 4.69) is 13.8 Å². The van der Waals surface area contributed by atoms with E-state index in [4.69, 9.17) is 15.2 Å². The maximum atomic E-state index is 11.7. The van der Waals surface area contributed by atoms with Crippen molar-refractivity contribution in [3.05, 3.63) is 0 Å². The summed E-state index contributed by atoms with van der Waals surface area (Å²) in [6.07, 6.45) is 5.70. The smallest absolute Gasteiger partial charge is 0.307 e. The third kappa shape index (κ3) is 6.36. The van der Waals surface area contributed by atoms with Crippen molar-refractivity contribution in [3.8, 4) is 0 Å². The summed E-state index contributed by atoms with van der Waals surface area (Å²) in [6, 6.07) is 0. The van der Waals surface area contributed by atoms with Gasteiger partial charge in [0.1, 0.15) is 6.61 Å². The van der Waals surface area contributed by atoms with Crippen molar-refractivity contribution in [2.75, 3.05) is 19.8 Å². The minimum atomic E-state index is -0.325. The molecule has 0 aliphatic heterocycles. The van der Waals surface area contributed by atoms with E-state index in [1.54, 1.807) is 0 Å². The summed E-state index contributed by atoms with van der Waals surface area (Å²) in [6.45, 7) is 5.70. The van der Waals surface area contributed by atoms with Crippen molar-refractivity contribution in [1.82, 2.24) is 0 Å². The Balaban J connectivity index is 2.09. The van der Waals surface area contributed by atoms with E-state index in [-0.39, 0.29) is 11.5 Å². The molecule has 0 spiro atoms. The molecule has 106 valence electrons. The SMILES string of the molecule is CC(C)COCCOC(=O)CC1(N)CCCCC1. The zero-order chi connectivity index (χ0) is 13.4. The molecule has 0 aromatic carbocycles. The molecule has 0 bridgehead atoms. The van der Waals surface area contributed by atoms with Crippen LogP contribution in [0.1, 0.15) is 52.4 Å². The number of carbonyl (C=O) groups excluding carboxylic acids is 1. The van der Waals surface area contributed by atoms with Gasteiger partial charge in [0.2, 0.25) is 0 Å². The van der Waals surface area contributed by atoms with Gasteiger partial charge in [0, 0.05) is 12.1 Å². The van der Waals surface area contributed by atoms with Gasteiger partial charge >= 0.3 is 5.97 Å². The Labute approximate surface area is 110 Å². The van der Waals surface area contributed by atoms with Crippen LogP contribution in [-0.2, 0) is 14.3 Å². The molecular weight excluding hydrogens is 230 g/mol. The van der Waals surface area contributed by atoms with Crippen LogP contribution in [0.15, 0.2) is 0 Å². The van der Waals surface area contributed by atoms with E-state index in [9.17, 15) is 4.79 Å². The summed E-state index contributed by atoms with van der Waals surface area (Å²) < 4.78 is 10.5. The highest BCUT2D eigenvalue weighted by molar-refractivity contribution is 5.70. The molecule has 0 amide bonds. The third-order valence-corrected chi connectivity index (χ3v) is 3.29. The Kier molecular flexibility index (Phi) is 6.65. The monoisotopic (exact) mass is 257 g/mol. The average Bonchev–Trinajstić information content (AvgIpc) is 2.28. The van der Waals surface area contributed by atoms with Crippen LogP contribution in [0.5, 0.6) is 0 Å². The van der Waals surface area contributed by atoms with Gasteiger partial charge in [-0.15, -0.1) is 0 Å². The fourth-order valence-corrected chi connectivity index (χ4v) is 2.30. The standard InChI is InChI=1S/C14H27NO3/c1-12(2)11-17-8-9-18-13(16)10-14(15)6-4-3-5-7-14/h12H,3-11,15H2,1-2H3. The van der Waals surface area contributed by atoms with Gasteiger partial charge in [0.15, 0.2) is 0 Å². The molecule has 18 heavy (non-hydrogen) atoms. The molecule has 0 saturated heterocycles. The molecule has 1 aliphatic rings. The van der Waals surface area contributed by atoms with E-state index in [1.807, 2.05) is 0 Å². The second-order valence-corrected chi connectivity index (χ2v) is 5.79. The normalized spacial score (nSPS) is 18.9. The molecule has 4 heteroatoms. The lowest BCUT2D eigenvalue weighted by Crippen LogP contribution is -2.44. The third-order valence-electron chi connectivity index (χ3n) is 3.29. The van der Waals surface area contributed by atoms with Gasteiger partial charge in [0.25, 0.3) is 0 Å². The van der Waals surface area contributed by atoms with E-state index >= 15 is 0 Å². The fraction of sp³-hybridized carbons (Fsp3) is 0.929. The number of hydrogen-bond donors (Lipinski definition) is 1. The highest BCUT2D eigenvalue weighted by atomic mass is 16.6. The molecule has 1 saturated carbocycles. The quantitative estimate of drug-likeness (QED) is 0.561. The molecule has 0 radical (unpaired) electrons. The lowest BCUT2D eigenvalue weighted by Gasteiger charge is -2.32. The Bertz CT molecular complexity index is 247. The van der Waals surface area contributed by atoms with Crippen molar-refractivity contribution >= 4 is 5.97 Å². The molecule has 0 unspecified atom stereocenters.